The highest BCUT2D eigenvalue weighted by Crippen LogP contribution is 2.27. The minimum Gasteiger partial charge on any atom is -0.478 e. The first-order valence-corrected chi connectivity index (χ1v) is 7.91. The van der Waals surface area contributed by atoms with Crippen LogP contribution in [-0.2, 0) is 4.79 Å². The quantitative estimate of drug-likeness (QED) is 0.821. The van der Waals surface area contributed by atoms with Crippen LogP contribution in [0.4, 0.5) is 0 Å². The standard InChI is InChI=1S/C18H20O2S/c1-18(2,3)21-12-15(17(19)20)11-14-9-6-8-13-7-4-5-10-16(13)14/h4-11H,12H2,1-3H3,(H,19,20)/b15-11+. The van der Waals surface area contributed by atoms with E-state index in [2.05, 4.69) is 20.8 Å². The maximum Gasteiger partial charge on any atom is 0.332 e. The molecule has 0 heterocycles. The van der Waals surface area contributed by atoms with Crippen molar-refractivity contribution in [1.29, 1.82) is 0 Å². The third-order valence-electron chi connectivity index (χ3n) is 3.09. The van der Waals surface area contributed by atoms with Gasteiger partial charge < -0.3 is 5.11 Å². The third kappa shape index (κ3) is 4.36. The second kappa shape index (κ2) is 6.35. The average molecular weight is 300 g/mol. The summed E-state index contributed by atoms with van der Waals surface area (Å²) in [7, 11) is 0. The molecule has 0 saturated heterocycles. The van der Waals surface area contributed by atoms with E-state index in [4.69, 9.17) is 0 Å². The Morgan fingerprint density at radius 3 is 2.48 bits per heavy atom. The number of aliphatic carboxylic acids is 1. The van der Waals surface area contributed by atoms with Crippen molar-refractivity contribution in [2.24, 2.45) is 0 Å². The summed E-state index contributed by atoms with van der Waals surface area (Å²) in [6.45, 7) is 6.28. The molecule has 2 aromatic carbocycles. The van der Waals surface area contributed by atoms with Gasteiger partial charge in [0.15, 0.2) is 0 Å². The molecule has 0 bridgehead atoms. The van der Waals surface area contributed by atoms with Crippen molar-refractivity contribution in [1.82, 2.24) is 0 Å². The Kier molecular flexibility index (Phi) is 4.73. The predicted molar refractivity (Wildman–Crippen MR) is 91.8 cm³/mol. The van der Waals surface area contributed by atoms with Crippen molar-refractivity contribution < 1.29 is 9.90 Å². The van der Waals surface area contributed by atoms with Crippen molar-refractivity contribution in [3.05, 3.63) is 53.6 Å². The molecule has 0 atom stereocenters. The Labute approximate surface area is 129 Å². The smallest absolute Gasteiger partial charge is 0.332 e. The molecule has 0 unspecified atom stereocenters. The van der Waals surface area contributed by atoms with Gasteiger partial charge in [0.1, 0.15) is 0 Å². The highest BCUT2D eigenvalue weighted by molar-refractivity contribution is 8.00. The number of hydrogen-bond acceptors (Lipinski definition) is 2. The van der Waals surface area contributed by atoms with Crippen LogP contribution in [0.15, 0.2) is 48.0 Å². The van der Waals surface area contributed by atoms with Gasteiger partial charge >= 0.3 is 5.97 Å². The second-order valence-corrected chi connectivity index (χ2v) is 7.75. The number of carboxylic acids is 1. The minimum atomic E-state index is -0.848. The second-order valence-electron chi connectivity index (χ2n) is 5.94. The summed E-state index contributed by atoms with van der Waals surface area (Å²) in [5.41, 5.74) is 1.39. The number of rotatable bonds is 4. The van der Waals surface area contributed by atoms with Gasteiger partial charge in [-0.05, 0) is 22.4 Å². The van der Waals surface area contributed by atoms with Gasteiger partial charge in [0.2, 0.25) is 0 Å². The molecule has 21 heavy (non-hydrogen) atoms. The summed E-state index contributed by atoms with van der Waals surface area (Å²) < 4.78 is 0.0489. The zero-order valence-corrected chi connectivity index (χ0v) is 13.4. The number of thioether (sulfide) groups is 1. The molecule has 110 valence electrons. The molecule has 0 aromatic heterocycles. The van der Waals surface area contributed by atoms with E-state index in [-0.39, 0.29) is 4.75 Å². The van der Waals surface area contributed by atoms with Gasteiger partial charge in [-0.15, -0.1) is 0 Å². The van der Waals surface area contributed by atoms with Crippen LogP contribution in [0.1, 0.15) is 26.3 Å². The molecule has 0 amide bonds. The van der Waals surface area contributed by atoms with E-state index in [0.29, 0.717) is 11.3 Å². The lowest BCUT2D eigenvalue weighted by Gasteiger charge is -2.17. The van der Waals surface area contributed by atoms with E-state index in [1.807, 2.05) is 42.5 Å². The predicted octanol–water partition coefficient (Wildman–Crippen LogP) is 4.84. The fourth-order valence-corrected chi connectivity index (χ4v) is 2.82. The molecule has 0 fully saturated rings. The van der Waals surface area contributed by atoms with Crippen molar-refractivity contribution in [3.8, 4) is 0 Å². The maximum atomic E-state index is 11.5. The van der Waals surface area contributed by atoms with E-state index in [1.54, 1.807) is 17.8 Å². The highest BCUT2D eigenvalue weighted by atomic mass is 32.2. The first-order valence-electron chi connectivity index (χ1n) is 6.92. The Hall–Kier alpha value is -1.74. The number of fused-ring (bicyclic) bond motifs is 1. The summed E-state index contributed by atoms with van der Waals surface area (Å²) in [5, 5.41) is 11.6. The molecule has 0 aliphatic carbocycles. The summed E-state index contributed by atoms with van der Waals surface area (Å²) in [4.78, 5) is 11.5. The van der Waals surface area contributed by atoms with Crippen LogP contribution in [0.5, 0.6) is 0 Å². The summed E-state index contributed by atoms with van der Waals surface area (Å²) in [5.74, 6) is -0.345. The van der Waals surface area contributed by atoms with E-state index < -0.39 is 5.97 Å². The molecule has 2 rings (SSSR count). The largest absolute Gasteiger partial charge is 0.478 e. The number of carboxylic acid groups (broad SMARTS) is 1. The van der Waals surface area contributed by atoms with Crippen molar-refractivity contribution in [2.75, 3.05) is 5.75 Å². The zero-order valence-electron chi connectivity index (χ0n) is 12.6. The lowest BCUT2D eigenvalue weighted by Crippen LogP contribution is -2.12. The fraction of sp³-hybridized carbons (Fsp3) is 0.278. The van der Waals surface area contributed by atoms with Gasteiger partial charge in [0, 0.05) is 16.1 Å². The van der Waals surface area contributed by atoms with Gasteiger partial charge in [-0.25, -0.2) is 4.79 Å². The Bertz CT molecular complexity index is 676. The molecule has 0 spiro atoms. The van der Waals surface area contributed by atoms with E-state index in [9.17, 15) is 9.90 Å². The van der Waals surface area contributed by atoms with Crippen LogP contribution in [0.25, 0.3) is 16.8 Å². The van der Waals surface area contributed by atoms with Gasteiger partial charge in [-0.3, -0.25) is 0 Å². The van der Waals surface area contributed by atoms with Crippen LogP contribution < -0.4 is 0 Å². The average Bonchev–Trinajstić information content (AvgIpc) is 2.42. The van der Waals surface area contributed by atoms with Crippen molar-refractivity contribution in [3.63, 3.8) is 0 Å². The molecule has 3 heteroatoms. The number of benzene rings is 2. The molecule has 0 radical (unpaired) electrons. The molecular formula is C18H20O2S. The lowest BCUT2D eigenvalue weighted by molar-refractivity contribution is -0.132. The van der Waals surface area contributed by atoms with E-state index >= 15 is 0 Å². The first kappa shape index (κ1) is 15.6. The molecular weight excluding hydrogens is 280 g/mol. The maximum absolute atomic E-state index is 11.5. The molecule has 1 N–H and O–H groups in total. The minimum absolute atomic E-state index is 0.0489. The van der Waals surface area contributed by atoms with E-state index in [0.717, 1.165) is 16.3 Å². The van der Waals surface area contributed by atoms with Gasteiger partial charge in [-0.2, -0.15) is 11.8 Å². The Morgan fingerprint density at radius 2 is 1.81 bits per heavy atom. The Morgan fingerprint density at radius 1 is 1.14 bits per heavy atom. The highest BCUT2D eigenvalue weighted by Gasteiger charge is 2.15. The van der Waals surface area contributed by atoms with Crippen molar-refractivity contribution in [2.45, 2.75) is 25.5 Å². The summed E-state index contributed by atoms with van der Waals surface area (Å²) in [6, 6.07) is 14.0. The van der Waals surface area contributed by atoms with Crippen LogP contribution in [0.3, 0.4) is 0 Å². The third-order valence-corrected chi connectivity index (χ3v) is 4.41. The van der Waals surface area contributed by atoms with Crippen LogP contribution in [-0.4, -0.2) is 21.6 Å². The number of carbonyl (C=O) groups is 1. The lowest BCUT2D eigenvalue weighted by atomic mass is 10.0. The Balaban J connectivity index is 2.38. The number of hydrogen-bond donors (Lipinski definition) is 1. The SMILES string of the molecule is CC(C)(C)SC/C(=C\c1cccc2ccccc12)C(=O)O. The van der Waals surface area contributed by atoms with Crippen LogP contribution in [0.2, 0.25) is 0 Å². The fourth-order valence-electron chi connectivity index (χ4n) is 2.02. The topological polar surface area (TPSA) is 37.3 Å². The van der Waals surface area contributed by atoms with E-state index in [1.165, 1.54) is 0 Å². The van der Waals surface area contributed by atoms with Gasteiger partial charge in [0.25, 0.3) is 0 Å². The van der Waals surface area contributed by atoms with Gasteiger partial charge in [-0.1, -0.05) is 63.2 Å². The molecule has 2 nitrogen and oxygen atoms in total. The van der Waals surface area contributed by atoms with Crippen LogP contribution in [0, 0.1) is 0 Å². The summed E-state index contributed by atoms with van der Waals surface area (Å²) >= 11 is 1.65. The first-order chi connectivity index (χ1) is 9.87. The molecule has 0 aliphatic rings. The van der Waals surface area contributed by atoms with Crippen LogP contribution >= 0.6 is 11.8 Å². The van der Waals surface area contributed by atoms with Gasteiger partial charge in [0.05, 0.1) is 0 Å². The molecule has 2 aromatic rings. The normalized spacial score (nSPS) is 12.6. The van der Waals surface area contributed by atoms with Crippen molar-refractivity contribution >= 4 is 34.6 Å². The zero-order chi connectivity index (χ0) is 15.5. The molecule has 0 aliphatic heterocycles. The molecule has 0 saturated carbocycles. The monoisotopic (exact) mass is 300 g/mol. The summed E-state index contributed by atoms with van der Waals surface area (Å²) in [6.07, 6.45) is 1.80.